The zero-order valence-corrected chi connectivity index (χ0v) is 11.4. The molecule has 2 atom stereocenters. The van der Waals surface area contributed by atoms with Gasteiger partial charge in [-0.15, -0.1) is 0 Å². The van der Waals surface area contributed by atoms with Crippen LogP contribution in [0.1, 0.15) is 20.3 Å². The van der Waals surface area contributed by atoms with Gasteiger partial charge >= 0.3 is 0 Å². The van der Waals surface area contributed by atoms with Crippen LogP contribution in [-0.2, 0) is 0 Å². The van der Waals surface area contributed by atoms with Crippen molar-refractivity contribution in [2.45, 2.75) is 32.4 Å². The third-order valence-corrected chi connectivity index (χ3v) is 2.53. The van der Waals surface area contributed by atoms with Gasteiger partial charge in [0.05, 0.1) is 6.10 Å². The quantitative estimate of drug-likeness (QED) is 0.426. The van der Waals surface area contributed by atoms with Gasteiger partial charge in [-0.3, -0.25) is 5.43 Å². The molecule has 0 bridgehead atoms. The van der Waals surface area contributed by atoms with E-state index < -0.39 is 6.10 Å². The molecule has 2 unspecified atom stereocenters. The number of hydrogen-bond acceptors (Lipinski definition) is 8. The second kappa shape index (κ2) is 6.26. The van der Waals surface area contributed by atoms with E-state index in [-0.39, 0.29) is 12.0 Å². The minimum Gasteiger partial charge on any atom is -0.393 e. The minimum absolute atomic E-state index is 0.00787. The van der Waals surface area contributed by atoms with Crippen LogP contribution in [0.25, 0.3) is 5.95 Å². The number of nitrogens with one attached hydrogen (secondary N) is 2. The van der Waals surface area contributed by atoms with Gasteiger partial charge in [0.2, 0.25) is 11.9 Å². The highest BCUT2D eigenvalue weighted by Crippen LogP contribution is 2.10. The molecule has 0 aromatic carbocycles. The lowest BCUT2D eigenvalue weighted by Crippen LogP contribution is -2.23. The van der Waals surface area contributed by atoms with Gasteiger partial charge in [0.25, 0.3) is 5.95 Å². The van der Waals surface area contributed by atoms with Gasteiger partial charge in [-0.1, -0.05) is 0 Å². The molecule has 0 saturated carbocycles. The Morgan fingerprint density at radius 2 is 2.05 bits per heavy atom. The first kappa shape index (κ1) is 14.2. The molecule has 2 heterocycles. The predicted octanol–water partition coefficient (Wildman–Crippen LogP) is -0.0858. The Labute approximate surface area is 116 Å². The molecular weight excluding hydrogens is 260 g/mol. The molecule has 0 amide bonds. The van der Waals surface area contributed by atoms with Crippen LogP contribution < -0.4 is 16.6 Å². The fraction of sp³-hybridized carbons (Fsp3) is 0.455. The van der Waals surface area contributed by atoms with Crippen LogP contribution in [0.15, 0.2) is 18.5 Å². The summed E-state index contributed by atoms with van der Waals surface area (Å²) in [5, 5.41) is 16.5. The van der Waals surface area contributed by atoms with E-state index in [1.165, 1.54) is 4.68 Å². The molecule has 2 rings (SSSR count). The van der Waals surface area contributed by atoms with E-state index in [1.807, 2.05) is 6.92 Å². The van der Waals surface area contributed by atoms with Gasteiger partial charge in [0.15, 0.2) is 0 Å². The van der Waals surface area contributed by atoms with Crippen molar-refractivity contribution in [2.75, 3.05) is 10.7 Å². The molecule has 0 saturated heterocycles. The number of hydrazine groups is 1. The smallest absolute Gasteiger partial charge is 0.257 e. The number of nitrogens with zero attached hydrogens (tertiary/aromatic N) is 5. The fourth-order valence-corrected chi connectivity index (χ4v) is 1.77. The minimum atomic E-state index is -0.406. The molecule has 0 aliphatic carbocycles. The standard InChI is InChI=1S/C11H18N8O/c1-7(6-8(2)20)14-9-15-10(18-12)17-11(16-9)19-5-3-4-13-19/h3-5,7-8,20H,6,12H2,1-2H3,(H2,14,15,16,17,18). The fourth-order valence-electron chi connectivity index (χ4n) is 1.77. The molecule has 2 aromatic heterocycles. The first-order valence-electron chi connectivity index (χ1n) is 6.26. The van der Waals surface area contributed by atoms with Crippen LogP contribution in [0.2, 0.25) is 0 Å². The van der Waals surface area contributed by atoms with Crippen LogP contribution in [0.5, 0.6) is 0 Å². The van der Waals surface area contributed by atoms with Crippen LogP contribution >= 0.6 is 0 Å². The van der Waals surface area contributed by atoms with Crippen LogP contribution in [0.3, 0.4) is 0 Å². The lowest BCUT2D eigenvalue weighted by molar-refractivity contribution is 0.179. The Morgan fingerprint density at radius 3 is 2.65 bits per heavy atom. The number of anilines is 2. The zero-order chi connectivity index (χ0) is 14.5. The van der Waals surface area contributed by atoms with Gasteiger partial charge in [0.1, 0.15) is 0 Å². The van der Waals surface area contributed by atoms with Crippen molar-refractivity contribution in [2.24, 2.45) is 5.84 Å². The van der Waals surface area contributed by atoms with E-state index in [2.05, 4.69) is 30.8 Å². The van der Waals surface area contributed by atoms with Crippen molar-refractivity contribution >= 4 is 11.9 Å². The van der Waals surface area contributed by atoms with Crippen molar-refractivity contribution in [1.82, 2.24) is 24.7 Å². The van der Waals surface area contributed by atoms with Crippen LogP contribution in [0.4, 0.5) is 11.9 Å². The van der Waals surface area contributed by atoms with Crippen molar-refractivity contribution in [3.05, 3.63) is 18.5 Å². The van der Waals surface area contributed by atoms with Gasteiger partial charge in [-0.2, -0.15) is 20.1 Å². The number of aromatic nitrogens is 5. The first-order chi connectivity index (χ1) is 9.58. The third-order valence-electron chi connectivity index (χ3n) is 2.53. The number of hydrogen-bond donors (Lipinski definition) is 4. The SMILES string of the molecule is CC(O)CC(C)Nc1nc(NN)nc(-n2cccn2)n1. The first-order valence-corrected chi connectivity index (χ1v) is 6.26. The molecule has 0 spiro atoms. The molecule has 2 aromatic rings. The maximum Gasteiger partial charge on any atom is 0.257 e. The number of aliphatic hydroxyl groups excluding tert-OH is 1. The molecule has 0 fully saturated rings. The molecule has 0 radical (unpaired) electrons. The average molecular weight is 278 g/mol. The van der Waals surface area contributed by atoms with E-state index in [9.17, 15) is 5.11 Å². The Bertz CT molecular complexity index is 541. The highest BCUT2D eigenvalue weighted by atomic mass is 16.3. The Kier molecular flexibility index (Phi) is 4.43. The third kappa shape index (κ3) is 3.62. The Balaban J connectivity index is 2.22. The summed E-state index contributed by atoms with van der Waals surface area (Å²) in [6.07, 6.45) is 3.52. The molecule has 0 aliphatic heterocycles. The van der Waals surface area contributed by atoms with Crippen molar-refractivity contribution in [3.63, 3.8) is 0 Å². The average Bonchev–Trinajstić information content (AvgIpc) is 2.91. The maximum atomic E-state index is 9.37. The van der Waals surface area contributed by atoms with Gasteiger partial charge < -0.3 is 10.4 Å². The van der Waals surface area contributed by atoms with Gasteiger partial charge in [-0.25, -0.2) is 10.5 Å². The summed E-state index contributed by atoms with van der Waals surface area (Å²) < 4.78 is 1.51. The molecule has 0 aliphatic rings. The summed E-state index contributed by atoms with van der Waals surface area (Å²) in [6.45, 7) is 3.66. The Morgan fingerprint density at radius 1 is 1.30 bits per heavy atom. The number of rotatable bonds is 6. The topological polar surface area (TPSA) is 127 Å². The van der Waals surface area contributed by atoms with E-state index in [4.69, 9.17) is 5.84 Å². The second-order valence-corrected chi connectivity index (χ2v) is 4.51. The van der Waals surface area contributed by atoms with E-state index in [1.54, 1.807) is 25.4 Å². The highest BCUT2D eigenvalue weighted by Gasteiger charge is 2.11. The second-order valence-electron chi connectivity index (χ2n) is 4.51. The number of nitrogens with two attached hydrogens (primary N) is 1. The monoisotopic (exact) mass is 278 g/mol. The highest BCUT2D eigenvalue weighted by molar-refractivity contribution is 5.37. The van der Waals surface area contributed by atoms with Crippen molar-refractivity contribution in [1.29, 1.82) is 0 Å². The molecule has 9 nitrogen and oxygen atoms in total. The van der Waals surface area contributed by atoms with Crippen LogP contribution in [-0.4, -0.2) is 42.0 Å². The van der Waals surface area contributed by atoms with Crippen LogP contribution in [0, 0.1) is 0 Å². The molecular formula is C11H18N8O. The van der Waals surface area contributed by atoms with E-state index in [0.717, 1.165) is 0 Å². The summed E-state index contributed by atoms with van der Waals surface area (Å²) in [6, 6.07) is 1.77. The summed E-state index contributed by atoms with van der Waals surface area (Å²) >= 11 is 0. The molecule has 108 valence electrons. The zero-order valence-electron chi connectivity index (χ0n) is 11.4. The summed E-state index contributed by atoms with van der Waals surface area (Å²) in [5.74, 6) is 6.30. The Hall–Kier alpha value is -2.26. The summed E-state index contributed by atoms with van der Waals surface area (Å²) in [4.78, 5) is 12.5. The lowest BCUT2D eigenvalue weighted by Gasteiger charge is -2.16. The molecule has 9 heteroatoms. The summed E-state index contributed by atoms with van der Waals surface area (Å²) in [5.41, 5.74) is 2.39. The van der Waals surface area contributed by atoms with E-state index in [0.29, 0.717) is 18.3 Å². The predicted molar refractivity (Wildman–Crippen MR) is 74.1 cm³/mol. The normalized spacial score (nSPS) is 13.8. The number of nitrogen functional groups attached to an aromatic ring is 1. The van der Waals surface area contributed by atoms with E-state index >= 15 is 0 Å². The number of aliphatic hydroxyl groups is 1. The molecule has 5 N–H and O–H groups in total. The van der Waals surface area contributed by atoms with Crippen molar-refractivity contribution in [3.8, 4) is 5.95 Å². The largest absolute Gasteiger partial charge is 0.393 e. The van der Waals surface area contributed by atoms with Gasteiger partial charge in [-0.05, 0) is 26.3 Å². The summed E-state index contributed by atoms with van der Waals surface area (Å²) in [7, 11) is 0. The lowest BCUT2D eigenvalue weighted by atomic mass is 10.2. The van der Waals surface area contributed by atoms with Crippen molar-refractivity contribution < 1.29 is 5.11 Å². The molecule has 20 heavy (non-hydrogen) atoms. The maximum absolute atomic E-state index is 9.37. The van der Waals surface area contributed by atoms with Gasteiger partial charge in [0, 0.05) is 18.4 Å².